The van der Waals surface area contributed by atoms with Gasteiger partial charge in [0, 0.05) is 13.2 Å². The Bertz CT molecular complexity index is 119. The molecular weight excluding hydrogens is 248 g/mol. The van der Waals surface area contributed by atoms with Crippen molar-refractivity contribution in [1.29, 1.82) is 0 Å². The fourth-order valence-electron chi connectivity index (χ4n) is 1.23. The molecule has 0 heterocycles. The average Bonchev–Trinajstić information content (AvgIpc) is 2.43. The minimum absolute atomic E-state index is 0.0894. The van der Waals surface area contributed by atoms with Crippen LogP contribution in [0.4, 0.5) is 0 Å². The zero-order valence-electron chi connectivity index (χ0n) is 12.6. The van der Waals surface area contributed by atoms with Gasteiger partial charge in [0.15, 0.2) is 0 Å². The van der Waals surface area contributed by atoms with Gasteiger partial charge in [-0.05, 0) is 13.3 Å². The summed E-state index contributed by atoms with van der Waals surface area (Å²) in [6.07, 6.45) is 4.94. The quantitative estimate of drug-likeness (QED) is 0.502. The van der Waals surface area contributed by atoms with Gasteiger partial charge in [0.1, 0.15) is 0 Å². The lowest BCUT2D eigenvalue weighted by molar-refractivity contribution is 0.0370. The number of ether oxygens (including phenoxy) is 3. The summed E-state index contributed by atoms with van der Waals surface area (Å²) in [5.74, 6) is 0. The Labute approximate surface area is 117 Å². The van der Waals surface area contributed by atoms with Gasteiger partial charge in [0.2, 0.25) is 0 Å². The van der Waals surface area contributed by atoms with E-state index >= 15 is 0 Å². The van der Waals surface area contributed by atoms with Gasteiger partial charge in [-0.3, -0.25) is 0 Å². The number of unbranched alkanes of at least 4 members (excludes halogenated alkanes) is 3. The summed E-state index contributed by atoms with van der Waals surface area (Å²) < 4.78 is 15.0. The molecule has 0 spiro atoms. The molecule has 2 N–H and O–H groups in total. The predicted octanol–water partition coefficient (Wildman–Crippen LogP) is 1.61. The fraction of sp³-hybridized carbons (Fsp3) is 1.00. The smallest absolute Gasteiger partial charge is 0.0701 e. The first-order valence-corrected chi connectivity index (χ1v) is 7.28. The second-order valence-electron chi connectivity index (χ2n) is 3.93. The van der Waals surface area contributed by atoms with E-state index in [1.165, 1.54) is 19.3 Å². The maximum Gasteiger partial charge on any atom is 0.0701 e. The molecule has 5 nitrogen and oxygen atoms in total. The van der Waals surface area contributed by atoms with E-state index in [1.54, 1.807) is 0 Å². The molecule has 0 aliphatic heterocycles. The summed E-state index contributed by atoms with van der Waals surface area (Å²) in [5.41, 5.74) is 0. The van der Waals surface area contributed by atoms with Gasteiger partial charge in [-0.1, -0.05) is 26.2 Å². The normalized spacial score (nSPS) is 10.1. The third kappa shape index (κ3) is 27.1. The molecule has 0 aliphatic rings. The van der Waals surface area contributed by atoms with Crippen LogP contribution < -0.4 is 0 Å². The highest BCUT2D eigenvalue weighted by Gasteiger charge is 1.87. The zero-order valence-corrected chi connectivity index (χ0v) is 12.6. The van der Waals surface area contributed by atoms with Crippen molar-refractivity contribution >= 4 is 0 Å². The van der Waals surface area contributed by atoms with Crippen LogP contribution in [0, 0.1) is 0 Å². The van der Waals surface area contributed by atoms with Gasteiger partial charge in [-0.2, -0.15) is 0 Å². The summed E-state index contributed by atoms with van der Waals surface area (Å²) >= 11 is 0. The van der Waals surface area contributed by atoms with Crippen molar-refractivity contribution in [3.8, 4) is 0 Å². The standard InChI is InChI=1S/C8H18O2.C6H14O3/c1-2-3-4-5-7-10-8-6-9;1-2-8-5-6-9-4-3-7/h9H,2-8H2,1H3;7H,2-6H2,1H3. The van der Waals surface area contributed by atoms with E-state index < -0.39 is 0 Å². The lowest BCUT2D eigenvalue weighted by Gasteiger charge is -2.00. The summed E-state index contributed by atoms with van der Waals surface area (Å²) in [4.78, 5) is 0. The van der Waals surface area contributed by atoms with Crippen LogP contribution in [-0.4, -0.2) is 63.1 Å². The van der Waals surface area contributed by atoms with Crippen molar-refractivity contribution in [3.05, 3.63) is 0 Å². The fourth-order valence-corrected chi connectivity index (χ4v) is 1.23. The molecule has 0 fully saturated rings. The lowest BCUT2D eigenvalue weighted by Crippen LogP contribution is -2.06. The maximum absolute atomic E-state index is 8.34. The molecule has 0 saturated carbocycles. The second-order valence-corrected chi connectivity index (χ2v) is 3.93. The highest BCUT2D eigenvalue weighted by atomic mass is 16.5. The molecule has 0 aromatic carbocycles. The lowest BCUT2D eigenvalue weighted by atomic mass is 10.2. The first-order chi connectivity index (χ1) is 9.33. The summed E-state index contributed by atoms with van der Waals surface area (Å²) in [6.45, 7) is 7.99. The zero-order chi connectivity index (χ0) is 14.6. The van der Waals surface area contributed by atoms with E-state index in [9.17, 15) is 0 Å². The van der Waals surface area contributed by atoms with Crippen LogP contribution in [0.3, 0.4) is 0 Å². The van der Waals surface area contributed by atoms with Crippen LogP contribution in [0.2, 0.25) is 0 Å². The van der Waals surface area contributed by atoms with E-state index in [4.69, 9.17) is 24.4 Å². The van der Waals surface area contributed by atoms with E-state index in [2.05, 4.69) is 6.92 Å². The Kier molecular flexibility index (Phi) is 25.5. The van der Waals surface area contributed by atoms with E-state index in [0.717, 1.165) is 19.6 Å². The van der Waals surface area contributed by atoms with Crippen LogP contribution in [0.1, 0.15) is 39.5 Å². The topological polar surface area (TPSA) is 68.2 Å². The van der Waals surface area contributed by atoms with Crippen molar-refractivity contribution in [2.24, 2.45) is 0 Å². The molecule has 19 heavy (non-hydrogen) atoms. The number of hydrogen-bond acceptors (Lipinski definition) is 5. The molecule has 0 bridgehead atoms. The molecule has 0 amide bonds. The Morgan fingerprint density at radius 1 is 0.632 bits per heavy atom. The van der Waals surface area contributed by atoms with E-state index in [0.29, 0.717) is 26.4 Å². The summed E-state index contributed by atoms with van der Waals surface area (Å²) in [7, 11) is 0. The van der Waals surface area contributed by atoms with Crippen molar-refractivity contribution < 1.29 is 24.4 Å². The number of aliphatic hydroxyl groups is 2. The molecule has 0 aromatic rings. The highest BCUT2D eigenvalue weighted by molar-refractivity contribution is 4.38. The average molecular weight is 280 g/mol. The maximum atomic E-state index is 8.34. The molecule has 0 unspecified atom stereocenters. The van der Waals surface area contributed by atoms with Crippen LogP contribution in [0.5, 0.6) is 0 Å². The van der Waals surface area contributed by atoms with Gasteiger partial charge in [0.25, 0.3) is 0 Å². The molecule has 0 radical (unpaired) electrons. The van der Waals surface area contributed by atoms with E-state index in [-0.39, 0.29) is 13.2 Å². The minimum Gasteiger partial charge on any atom is -0.394 e. The third-order valence-corrected chi connectivity index (χ3v) is 2.19. The van der Waals surface area contributed by atoms with Crippen LogP contribution in [0.25, 0.3) is 0 Å². The van der Waals surface area contributed by atoms with Gasteiger partial charge in [-0.15, -0.1) is 0 Å². The third-order valence-electron chi connectivity index (χ3n) is 2.19. The largest absolute Gasteiger partial charge is 0.394 e. The molecular formula is C14H32O5. The summed E-state index contributed by atoms with van der Waals surface area (Å²) in [5, 5.41) is 16.6. The Morgan fingerprint density at radius 3 is 1.74 bits per heavy atom. The number of hydrogen-bond donors (Lipinski definition) is 2. The Hall–Kier alpha value is -0.200. The molecule has 0 aliphatic carbocycles. The summed E-state index contributed by atoms with van der Waals surface area (Å²) in [6, 6.07) is 0. The molecule has 5 heteroatoms. The Morgan fingerprint density at radius 2 is 1.21 bits per heavy atom. The minimum atomic E-state index is 0.0894. The van der Waals surface area contributed by atoms with Gasteiger partial charge >= 0.3 is 0 Å². The predicted molar refractivity (Wildman–Crippen MR) is 76.4 cm³/mol. The van der Waals surface area contributed by atoms with Gasteiger partial charge in [-0.25, -0.2) is 0 Å². The highest BCUT2D eigenvalue weighted by Crippen LogP contribution is 1.98. The van der Waals surface area contributed by atoms with Crippen molar-refractivity contribution in [1.82, 2.24) is 0 Å². The van der Waals surface area contributed by atoms with Crippen LogP contribution in [-0.2, 0) is 14.2 Å². The van der Waals surface area contributed by atoms with Crippen molar-refractivity contribution in [2.45, 2.75) is 39.5 Å². The monoisotopic (exact) mass is 280 g/mol. The Balaban J connectivity index is 0. The SMILES string of the molecule is CCCCCCOCCO.CCOCCOCCO. The van der Waals surface area contributed by atoms with Gasteiger partial charge in [0.05, 0.1) is 39.6 Å². The molecule has 0 saturated heterocycles. The van der Waals surface area contributed by atoms with Crippen LogP contribution >= 0.6 is 0 Å². The van der Waals surface area contributed by atoms with Gasteiger partial charge < -0.3 is 24.4 Å². The van der Waals surface area contributed by atoms with Crippen LogP contribution in [0.15, 0.2) is 0 Å². The molecule has 0 atom stereocenters. The molecule has 118 valence electrons. The molecule has 0 aromatic heterocycles. The first kappa shape index (κ1) is 21.1. The second kappa shape index (κ2) is 22.9. The number of rotatable bonds is 13. The van der Waals surface area contributed by atoms with E-state index in [1.807, 2.05) is 6.92 Å². The first-order valence-electron chi connectivity index (χ1n) is 7.28. The molecule has 0 rings (SSSR count). The van der Waals surface area contributed by atoms with Crippen molar-refractivity contribution in [3.63, 3.8) is 0 Å². The number of aliphatic hydroxyl groups excluding tert-OH is 2. The van der Waals surface area contributed by atoms with Crippen molar-refractivity contribution in [2.75, 3.05) is 52.9 Å².